The molecule has 2 heterocycles. The summed E-state index contributed by atoms with van der Waals surface area (Å²) in [5.41, 5.74) is 1.24. The molecular weight excluding hydrogens is 278 g/mol. The molecule has 106 valence electrons. The Morgan fingerprint density at radius 3 is 2.84 bits per heavy atom. The molecule has 0 unspecified atom stereocenters. The lowest BCUT2D eigenvalue weighted by atomic mass is 9.90. The fourth-order valence-corrected chi connectivity index (χ4v) is 4.98. The summed E-state index contributed by atoms with van der Waals surface area (Å²) in [5, 5.41) is 12.9. The van der Waals surface area contributed by atoms with Crippen molar-refractivity contribution in [3.05, 3.63) is 16.1 Å². The van der Waals surface area contributed by atoms with E-state index in [9.17, 15) is 5.11 Å². The van der Waals surface area contributed by atoms with Crippen LogP contribution in [-0.2, 0) is 10.5 Å². The molecule has 0 aromatic carbocycles. The highest BCUT2D eigenvalue weighted by molar-refractivity contribution is 7.98. The van der Waals surface area contributed by atoms with Crippen LogP contribution in [0.25, 0.3) is 0 Å². The minimum Gasteiger partial charge on any atom is -0.396 e. The molecule has 3 rings (SSSR count). The van der Waals surface area contributed by atoms with E-state index in [1.165, 1.54) is 36.4 Å². The predicted octanol–water partition coefficient (Wildman–Crippen LogP) is 3.04. The van der Waals surface area contributed by atoms with Gasteiger partial charge in [-0.1, -0.05) is 12.8 Å². The monoisotopic (exact) mass is 299 g/mol. The molecule has 0 spiro atoms. The van der Waals surface area contributed by atoms with E-state index in [1.54, 1.807) is 0 Å². The van der Waals surface area contributed by atoms with Gasteiger partial charge in [-0.2, -0.15) is 11.8 Å². The summed E-state index contributed by atoms with van der Waals surface area (Å²) in [5.74, 6) is 2.66. The van der Waals surface area contributed by atoms with Gasteiger partial charge in [0.05, 0.1) is 30.5 Å². The number of rotatable bonds is 6. The number of aliphatic hydroxyl groups is 1. The number of aliphatic hydroxyl groups excluding tert-OH is 1. The molecule has 0 amide bonds. The van der Waals surface area contributed by atoms with Crippen LogP contribution in [0.2, 0.25) is 0 Å². The van der Waals surface area contributed by atoms with Crippen molar-refractivity contribution < 1.29 is 9.84 Å². The lowest BCUT2D eigenvalue weighted by Crippen LogP contribution is -2.47. The van der Waals surface area contributed by atoms with Crippen molar-refractivity contribution >= 4 is 23.1 Å². The Kier molecular flexibility index (Phi) is 4.47. The molecule has 1 aromatic heterocycles. The van der Waals surface area contributed by atoms with Crippen LogP contribution >= 0.6 is 23.1 Å². The number of ether oxygens (including phenoxy) is 1. The summed E-state index contributed by atoms with van der Waals surface area (Å²) < 4.78 is 5.22. The third-order valence-corrected chi connectivity index (χ3v) is 6.46. The molecule has 2 aliphatic rings. The number of aromatic nitrogens is 1. The van der Waals surface area contributed by atoms with Crippen molar-refractivity contribution in [2.75, 3.05) is 25.6 Å². The SMILES string of the molecule is OCC1(CSCc2csc(C3CCCC3)n2)COC1. The molecule has 1 aliphatic heterocycles. The average molecular weight is 299 g/mol. The normalized spacial score (nSPS) is 22.6. The maximum absolute atomic E-state index is 9.37. The highest BCUT2D eigenvalue weighted by atomic mass is 32.2. The van der Waals surface area contributed by atoms with Crippen LogP contribution in [0.15, 0.2) is 5.38 Å². The quantitative estimate of drug-likeness (QED) is 0.876. The van der Waals surface area contributed by atoms with Gasteiger partial charge in [0.1, 0.15) is 0 Å². The van der Waals surface area contributed by atoms with Crippen LogP contribution in [0, 0.1) is 5.41 Å². The zero-order valence-corrected chi connectivity index (χ0v) is 12.8. The number of thioether (sulfide) groups is 1. The Morgan fingerprint density at radius 2 is 2.21 bits per heavy atom. The zero-order chi connectivity index (χ0) is 13.1. The first-order valence-electron chi connectivity index (χ1n) is 7.02. The summed E-state index contributed by atoms with van der Waals surface area (Å²) in [7, 11) is 0. The maximum atomic E-state index is 9.37. The predicted molar refractivity (Wildman–Crippen MR) is 79.8 cm³/mol. The van der Waals surface area contributed by atoms with E-state index in [4.69, 9.17) is 9.72 Å². The lowest BCUT2D eigenvalue weighted by molar-refractivity contribution is -0.121. The van der Waals surface area contributed by atoms with E-state index in [0.29, 0.717) is 13.2 Å². The van der Waals surface area contributed by atoms with Gasteiger partial charge in [-0.3, -0.25) is 0 Å². The second kappa shape index (κ2) is 6.12. The molecule has 1 aromatic rings. The summed E-state index contributed by atoms with van der Waals surface area (Å²) in [4.78, 5) is 4.79. The Morgan fingerprint density at radius 1 is 1.42 bits per heavy atom. The second-order valence-corrected chi connectivity index (χ2v) is 7.68. The molecule has 0 bridgehead atoms. The number of hydrogen-bond acceptors (Lipinski definition) is 5. The first-order chi connectivity index (χ1) is 9.31. The summed E-state index contributed by atoms with van der Waals surface area (Å²) in [6, 6.07) is 0. The van der Waals surface area contributed by atoms with Crippen molar-refractivity contribution in [2.45, 2.75) is 37.4 Å². The average Bonchev–Trinajstić information content (AvgIpc) is 3.02. The Bertz CT molecular complexity index is 406. The number of thiazole rings is 1. The van der Waals surface area contributed by atoms with Crippen molar-refractivity contribution in [1.29, 1.82) is 0 Å². The van der Waals surface area contributed by atoms with Crippen LogP contribution in [0.1, 0.15) is 42.3 Å². The van der Waals surface area contributed by atoms with Crippen molar-refractivity contribution in [2.24, 2.45) is 5.41 Å². The van der Waals surface area contributed by atoms with E-state index in [0.717, 1.165) is 17.4 Å². The first kappa shape index (κ1) is 13.9. The van der Waals surface area contributed by atoms with E-state index in [2.05, 4.69) is 5.38 Å². The molecule has 0 atom stereocenters. The van der Waals surface area contributed by atoms with Gasteiger partial charge in [0.15, 0.2) is 0 Å². The fourth-order valence-electron chi connectivity index (χ4n) is 2.73. The third-order valence-electron chi connectivity index (χ3n) is 4.08. The number of nitrogens with zero attached hydrogens (tertiary/aromatic N) is 1. The van der Waals surface area contributed by atoms with Gasteiger partial charge in [0, 0.05) is 28.2 Å². The van der Waals surface area contributed by atoms with E-state index < -0.39 is 0 Å². The molecule has 1 saturated heterocycles. The summed E-state index contributed by atoms with van der Waals surface area (Å²) in [6.45, 7) is 1.66. The molecule has 1 N–H and O–H groups in total. The molecule has 1 saturated carbocycles. The van der Waals surface area contributed by atoms with Crippen LogP contribution in [-0.4, -0.2) is 35.7 Å². The first-order valence-corrected chi connectivity index (χ1v) is 9.05. The maximum Gasteiger partial charge on any atom is 0.0959 e. The molecule has 0 radical (unpaired) electrons. The van der Waals surface area contributed by atoms with Gasteiger partial charge < -0.3 is 9.84 Å². The standard InChI is InChI=1S/C14H21NO2S2/c16-7-14(8-17-9-14)10-18-5-12-6-19-13(15-12)11-3-1-2-4-11/h6,11,16H,1-5,7-10H2. The molecule has 3 nitrogen and oxygen atoms in total. The van der Waals surface area contributed by atoms with Crippen LogP contribution in [0.5, 0.6) is 0 Å². The third kappa shape index (κ3) is 3.15. The van der Waals surface area contributed by atoms with E-state index in [-0.39, 0.29) is 12.0 Å². The summed E-state index contributed by atoms with van der Waals surface area (Å²) in [6.07, 6.45) is 5.39. The Hall–Kier alpha value is -0.100. The molecule has 19 heavy (non-hydrogen) atoms. The lowest BCUT2D eigenvalue weighted by Gasteiger charge is -2.39. The van der Waals surface area contributed by atoms with E-state index >= 15 is 0 Å². The van der Waals surface area contributed by atoms with Gasteiger partial charge in [0.25, 0.3) is 0 Å². The van der Waals surface area contributed by atoms with Crippen molar-refractivity contribution in [3.8, 4) is 0 Å². The van der Waals surface area contributed by atoms with Crippen LogP contribution in [0.3, 0.4) is 0 Å². The van der Waals surface area contributed by atoms with Gasteiger partial charge in [0.2, 0.25) is 0 Å². The molecule has 5 heteroatoms. The highest BCUT2D eigenvalue weighted by Crippen LogP contribution is 2.36. The minimum atomic E-state index is 0.0228. The van der Waals surface area contributed by atoms with Gasteiger partial charge in [-0.05, 0) is 12.8 Å². The molecule has 2 fully saturated rings. The molecule has 1 aliphatic carbocycles. The topological polar surface area (TPSA) is 42.4 Å². The van der Waals surface area contributed by atoms with Crippen molar-refractivity contribution in [3.63, 3.8) is 0 Å². The molecular formula is C14H21NO2S2. The van der Waals surface area contributed by atoms with Crippen molar-refractivity contribution in [1.82, 2.24) is 4.98 Å². The van der Waals surface area contributed by atoms with Gasteiger partial charge in [-0.25, -0.2) is 4.98 Å². The van der Waals surface area contributed by atoms with Gasteiger partial charge in [-0.15, -0.1) is 11.3 Å². The Balaban J connectivity index is 1.47. The zero-order valence-electron chi connectivity index (χ0n) is 11.1. The highest BCUT2D eigenvalue weighted by Gasteiger charge is 2.37. The Labute approximate surface area is 122 Å². The summed E-state index contributed by atoms with van der Waals surface area (Å²) >= 11 is 3.71. The van der Waals surface area contributed by atoms with Crippen LogP contribution < -0.4 is 0 Å². The van der Waals surface area contributed by atoms with E-state index in [1.807, 2.05) is 23.1 Å². The number of hydrogen-bond donors (Lipinski definition) is 1. The smallest absolute Gasteiger partial charge is 0.0959 e. The second-order valence-electron chi connectivity index (χ2n) is 5.80. The fraction of sp³-hybridized carbons (Fsp3) is 0.786. The van der Waals surface area contributed by atoms with Gasteiger partial charge >= 0.3 is 0 Å². The minimum absolute atomic E-state index is 0.0228. The largest absolute Gasteiger partial charge is 0.396 e. The van der Waals surface area contributed by atoms with Crippen LogP contribution in [0.4, 0.5) is 0 Å².